The van der Waals surface area contributed by atoms with Gasteiger partial charge in [-0.25, -0.2) is 4.21 Å². The number of hydrogen-bond acceptors (Lipinski definition) is 1. The largest absolute Gasteiger partial charge is 0.212 e. The summed E-state index contributed by atoms with van der Waals surface area (Å²) in [5, 5.41) is 2.61. The Morgan fingerprint density at radius 1 is 1.71 bits per heavy atom. The lowest BCUT2D eigenvalue weighted by Gasteiger charge is -1.79. The number of rotatable bonds is 3. The first-order chi connectivity index (χ1) is 3.41. The van der Waals surface area contributed by atoms with Crippen LogP contribution < -0.4 is 0 Å². The Hall–Kier alpha value is -0.110. The predicted molar refractivity (Wildman–Crippen MR) is 32.7 cm³/mol. The summed E-state index contributed by atoms with van der Waals surface area (Å²) in [7, 11) is 0. The van der Waals surface area contributed by atoms with Gasteiger partial charge in [0, 0.05) is 0 Å². The minimum absolute atomic E-state index is 0.442. The molecule has 0 N–H and O–H groups in total. The first-order valence-corrected chi connectivity index (χ1v) is 3.17. The van der Waals surface area contributed by atoms with E-state index in [9.17, 15) is 4.21 Å². The van der Waals surface area contributed by atoms with Crippen LogP contribution in [0.1, 0.15) is 26.2 Å². The summed E-state index contributed by atoms with van der Waals surface area (Å²) in [5.41, 5.74) is 0. The molecule has 1 radical (unpaired) electrons. The quantitative estimate of drug-likeness (QED) is 0.399. The Labute approximate surface area is 47.8 Å². The van der Waals surface area contributed by atoms with Crippen molar-refractivity contribution < 1.29 is 4.21 Å². The average Bonchev–Trinajstić information content (AvgIpc) is 1.69. The van der Waals surface area contributed by atoms with E-state index in [4.69, 9.17) is 0 Å². The van der Waals surface area contributed by atoms with Crippen LogP contribution in [0.2, 0.25) is 0 Å². The fourth-order valence-corrected chi connectivity index (χ4v) is 0.518. The molecule has 0 amide bonds. The highest BCUT2D eigenvalue weighted by Crippen LogP contribution is 1.87. The smallest absolute Gasteiger partial charge is 0.0933 e. The number of hydrogen-bond donors (Lipinski definition) is 0. The van der Waals surface area contributed by atoms with E-state index in [2.05, 4.69) is 12.3 Å². The van der Waals surface area contributed by atoms with Crippen molar-refractivity contribution in [3.63, 3.8) is 0 Å². The summed E-state index contributed by atoms with van der Waals surface area (Å²) in [4.78, 5) is 0. The molecule has 0 aromatic carbocycles. The van der Waals surface area contributed by atoms with Crippen LogP contribution in [0.3, 0.4) is 0 Å². The van der Waals surface area contributed by atoms with Crippen molar-refractivity contribution in [3.05, 3.63) is 0 Å². The SMILES string of the molecule is CCCC[C]=S=O. The van der Waals surface area contributed by atoms with E-state index in [1.165, 1.54) is 0 Å². The van der Waals surface area contributed by atoms with Crippen LogP contribution in [0.5, 0.6) is 0 Å². The monoisotopic (exact) mass is 117 g/mol. The molecule has 7 heavy (non-hydrogen) atoms. The third-order valence-electron chi connectivity index (χ3n) is 0.691. The van der Waals surface area contributed by atoms with Gasteiger partial charge >= 0.3 is 0 Å². The summed E-state index contributed by atoms with van der Waals surface area (Å²) in [5.74, 6) is 0. The minimum atomic E-state index is 0.442. The van der Waals surface area contributed by atoms with Crippen molar-refractivity contribution in [2.45, 2.75) is 26.2 Å². The van der Waals surface area contributed by atoms with Gasteiger partial charge in [0.15, 0.2) is 0 Å². The molecule has 1 nitrogen and oxygen atoms in total. The van der Waals surface area contributed by atoms with E-state index in [1.54, 1.807) is 0 Å². The molecule has 0 aliphatic carbocycles. The predicted octanol–water partition coefficient (Wildman–Crippen LogP) is 1.07. The highest BCUT2D eigenvalue weighted by Gasteiger charge is 1.75. The molecule has 0 fully saturated rings. The van der Waals surface area contributed by atoms with Crippen LogP contribution in [0.15, 0.2) is 0 Å². The maximum atomic E-state index is 9.61. The lowest BCUT2D eigenvalue weighted by atomic mass is 10.3. The van der Waals surface area contributed by atoms with Crippen LogP contribution in [-0.2, 0) is 11.3 Å². The van der Waals surface area contributed by atoms with Crippen molar-refractivity contribution in [2.75, 3.05) is 0 Å². The van der Waals surface area contributed by atoms with Gasteiger partial charge in [-0.2, -0.15) is 0 Å². The molecule has 41 valence electrons. The molecule has 0 bridgehead atoms. The van der Waals surface area contributed by atoms with E-state index >= 15 is 0 Å². The van der Waals surface area contributed by atoms with E-state index in [-0.39, 0.29) is 0 Å². The Morgan fingerprint density at radius 2 is 2.43 bits per heavy atom. The van der Waals surface area contributed by atoms with E-state index in [1.807, 2.05) is 0 Å². The fraction of sp³-hybridized carbons (Fsp3) is 0.800. The topological polar surface area (TPSA) is 17.1 Å². The van der Waals surface area contributed by atoms with Crippen LogP contribution in [0, 0.1) is 0 Å². The zero-order valence-corrected chi connectivity index (χ0v) is 5.25. The maximum Gasteiger partial charge on any atom is 0.0933 e. The highest BCUT2D eigenvalue weighted by molar-refractivity contribution is 7.64. The molecule has 0 rings (SSSR count). The molecule has 0 aromatic rings. The van der Waals surface area contributed by atoms with Crippen molar-refractivity contribution in [1.82, 2.24) is 0 Å². The molecule has 0 saturated heterocycles. The van der Waals surface area contributed by atoms with Gasteiger partial charge < -0.3 is 0 Å². The second kappa shape index (κ2) is 5.89. The van der Waals surface area contributed by atoms with Gasteiger partial charge in [-0.05, 0) is 12.8 Å². The maximum absolute atomic E-state index is 9.61. The Balaban J connectivity index is 2.83. The number of unbranched alkanes of at least 4 members (excludes halogenated alkanes) is 2. The molecule has 0 atom stereocenters. The molecule has 0 spiro atoms. The molecule has 2 heteroatoms. The Kier molecular flexibility index (Phi) is 5.80. The van der Waals surface area contributed by atoms with Crippen molar-refractivity contribution in [2.24, 2.45) is 0 Å². The van der Waals surface area contributed by atoms with Gasteiger partial charge in [-0.1, -0.05) is 13.3 Å². The summed E-state index contributed by atoms with van der Waals surface area (Å²) < 4.78 is 9.61. The van der Waals surface area contributed by atoms with Gasteiger partial charge in [0.2, 0.25) is 0 Å². The first kappa shape index (κ1) is 6.89. The Morgan fingerprint density at radius 3 is 2.86 bits per heavy atom. The molecular weight excluding hydrogens is 108 g/mol. The van der Waals surface area contributed by atoms with Gasteiger partial charge in [0.25, 0.3) is 0 Å². The highest BCUT2D eigenvalue weighted by atomic mass is 32.1. The van der Waals surface area contributed by atoms with Crippen LogP contribution in [-0.4, -0.2) is 9.58 Å². The molecule has 0 saturated carbocycles. The van der Waals surface area contributed by atoms with E-state index in [0.29, 0.717) is 11.3 Å². The van der Waals surface area contributed by atoms with Gasteiger partial charge in [-0.3, -0.25) is 0 Å². The summed E-state index contributed by atoms with van der Waals surface area (Å²) in [6, 6.07) is 0. The zero-order chi connectivity index (χ0) is 5.54. The van der Waals surface area contributed by atoms with Crippen LogP contribution in [0.25, 0.3) is 0 Å². The van der Waals surface area contributed by atoms with Crippen molar-refractivity contribution in [3.8, 4) is 0 Å². The van der Waals surface area contributed by atoms with Crippen molar-refractivity contribution >= 4 is 16.6 Å². The minimum Gasteiger partial charge on any atom is -0.212 e. The van der Waals surface area contributed by atoms with Gasteiger partial charge in [-0.15, -0.1) is 0 Å². The third kappa shape index (κ3) is 5.89. The molecule has 0 aromatic heterocycles. The van der Waals surface area contributed by atoms with Gasteiger partial charge in [0.05, 0.1) is 16.6 Å². The standard InChI is InChI=1S/C5H9OS/c1-2-3-4-5-7-6/h2-4H2,1H3. The molecule has 0 heterocycles. The van der Waals surface area contributed by atoms with E-state index < -0.39 is 0 Å². The average molecular weight is 117 g/mol. The summed E-state index contributed by atoms with van der Waals surface area (Å²) in [6.07, 6.45) is 3.08. The van der Waals surface area contributed by atoms with Crippen LogP contribution in [0.4, 0.5) is 0 Å². The normalized spacial score (nSPS) is 8.14. The van der Waals surface area contributed by atoms with Gasteiger partial charge in [0.1, 0.15) is 0 Å². The molecule has 0 unspecified atom stereocenters. The third-order valence-corrected chi connectivity index (χ3v) is 1.01. The molecule has 0 aliphatic heterocycles. The zero-order valence-electron chi connectivity index (χ0n) is 4.44. The summed E-state index contributed by atoms with van der Waals surface area (Å²) >= 11 is 0.442. The second-order valence-electron chi connectivity index (χ2n) is 1.33. The van der Waals surface area contributed by atoms with Crippen molar-refractivity contribution in [1.29, 1.82) is 0 Å². The summed E-state index contributed by atoms with van der Waals surface area (Å²) in [6.45, 7) is 2.09. The lowest BCUT2D eigenvalue weighted by Crippen LogP contribution is -1.71. The lowest BCUT2D eigenvalue weighted by molar-refractivity contribution is 0.701. The van der Waals surface area contributed by atoms with E-state index in [0.717, 1.165) is 19.3 Å². The molecule has 0 aliphatic rings. The first-order valence-electron chi connectivity index (χ1n) is 2.43. The second-order valence-corrected chi connectivity index (χ2v) is 1.79. The van der Waals surface area contributed by atoms with Crippen LogP contribution >= 0.6 is 0 Å². The fourth-order valence-electron chi connectivity index (χ4n) is 0.291. The molecular formula is C5H9OS. The Bertz CT molecular complexity index is 74.1.